The number of hydrogen-bond donors (Lipinski definition) is 2. The Kier molecular flexibility index (Phi) is 7.50. The molecule has 0 heterocycles. The molecule has 2 N–H and O–H groups in total. The van der Waals surface area contributed by atoms with Crippen LogP contribution < -0.4 is 15.4 Å². The lowest BCUT2D eigenvalue weighted by Crippen LogP contribution is -2.34. The minimum absolute atomic E-state index is 0.0379. The molecule has 0 aromatic heterocycles. The standard InChI is InChI=1S/C15H24N2O3/c1-4-19-9-10-20-14-8-6-5-7-13(14)16-11-15(18)17-12(2)3/h5-8,12,16H,4,9-11H2,1-3H3,(H,17,18). The minimum atomic E-state index is -0.0379. The van der Waals surface area contributed by atoms with Crippen molar-refractivity contribution in [3.8, 4) is 5.75 Å². The van der Waals surface area contributed by atoms with Crippen molar-refractivity contribution in [3.63, 3.8) is 0 Å². The van der Waals surface area contributed by atoms with Gasteiger partial charge in [0.25, 0.3) is 0 Å². The van der Waals surface area contributed by atoms with Gasteiger partial charge in [0.1, 0.15) is 12.4 Å². The summed E-state index contributed by atoms with van der Waals surface area (Å²) in [7, 11) is 0. The summed E-state index contributed by atoms with van der Waals surface area (Å²) < 4.78 is 10.9. The highest BCUT2D eigenvalue weighted by atomic mass is 16.5. The topological polar surface area (TPSA) is 59.6 Å². The molecule has 0 atom stereocenters. The Morgan fingerprint density at radius 3 is 2.70 bits per heavy atom. The third-order valence-corrected chi connectivity index (χ3v) is 2.47. The van der Waals surface area contributed by atoms with Crippen molar-refractivity contribution in [1.29, 1.82) is 0 Å². The quantitative estimate of drug-likeness (QED) is 0.680. The summed E-state index contributed by atoms with van der Waals surface area (Å²) in [6, 6.07) is 7.70. The molecule has 20 heavy (non-hydrogen) atoms. The van der Waals surface area contributed by atoms with Crippen LogP contribution in [-0.4, -0.2) is 38.3 Å². The van der Waals surface area contributed by atoms with Crippen LogP contribution in [-0.2, 0) is 9.53 Å². The molecular formula is C15H24N2O3. The van der Waals surface area contributed by atoms with Crippen LogP contribution >= 0.6 is 0 Å². The van der Waals surface area contributed by atoms with Gasteiger partial charge in [-0.25, -0.2) is 0 Å². The fraction of sp³-hybridized carbons (Fsp3) is 0.533. The highest BCUT2D eigenvalue weighted by Crippen LogP contribution is 2.23. The summed E-state index contributed by atoms with van der Waals surface area (Å²) in [6.07, 6.45) is 0. The van der Waals surface area contributed by atoms with E-state index in [1.54, 1.807) is 0 Å². The minimum Gasteiger partial charge on any atom is -0.489 e. The van der Waals surface area contributed by atoms with Crippen molar-refractivity contribution < 1.29 is 14.3 Å². The molecular weight excluding hydrogens is 256 g/mol. The van der Waals surface area contributed by atoms with E-state index in [0.717, 1.165) is 11.4 Å². The van der Waals surface area contributed by atoms with Crippen molar-refractivity contribution in [2.24, 2.45) is 0 Å². The molecule has 0 unspecified atom stereocenters. The molecule has 1 rings (SSSR count). The van der Waals surface area contributed by atoms with Crippen molar-refractivity contribution >= 4 is 11.6 Å². The number of ether oxygens (including phenoxy) is 2. The molecule has 0 aliphatic heterocycles. The van der Waals surface area contributed by atoms with Crippen LogP contribution in [0, 0.1) is 0 Å². The van der Waals surface area contributed by atoms with Crippen LogP contribution in [0.5, 0.6) is 5.75 Å². The number of carbonyl (C=O) groups excluding carboxylic acids is 1. The lowest BCUT2D eigenvalue weighted by atomic mass is 10.3. The third kappa shape index (κ3) is 6.43. The van der Waals surface area contributed by atoms with Crippen LogP contribution in [0.2, 0.25) is 0 Å². The third-order valence-electron chi connectivity index (χ3n) is 2.47. The van der Waals surface area contributed by atoms with E-state index in [1.807, 2.05) is 45.0 Å². The maximum atomic E-state index is 11.6. The summed E-state index contributed by atoms with van der Waals surface area (Å²) in [5.74, 6) is 0.689. The number of para-hydroxylation sites is 2. The first-order valence-electron chi connectivity index (χ1n) is 6.96. The zero-order valence-corrected chi connectivity index (χ0v) is 12.4. The molecule has 0 radical (unpaired) electrons. The Morgan fingerprint density at radius 2 is 2.00 bits per heavy atom. The molecule has 112 valence electrons. The molecule has 1 aromatic rings. The summed E-state index contributed by atoms with van der Waals surface area (Å²) >= 11 is 0. The van der Waals surface area contributed by atoms with Gasteiger partial charge in [-0.05, 0) is 32.9 Å². The first kappa shape index (κ1) is 16.3. The zero-order valence-electron chi connectivity index (χ0n) is 12.4. The fourth-order valence-corrected chi connectivity index (χ4v) is 1.64. The zero-order chi connectivity index (χ0) is 14.8. The average Bonchev–Trinajstić information content (AvgIpc) is 2.41. The lowest BCUT2D eigenvalue weighted by Gasteiger charge is -2.14. The maximum absolute atomic E-state index is 11.6. The Hall–Kier alpha value is -1.75. The number of amides is 1. The van der Waals surface area contributed by atoms with E-state index >= 15 is 0 Å². The summed E-state index contributed by atoms with van der Waals surface area (Å²) in [5, 5.41) is 5.91. The Labute approximate surface area is 120 Å². The van der Waals surface area contributed by atoms with Gasteiger partial charge in [0.2, 0.25) is 5.91 Å². The number of rotatable bonds is 9. The van der Waals surface area contributed by atoms with Crippen LogP contribution in [0.3, 0.4) is 0 Å². The SMILES string of the molecule is CCOCCOc1ccccc1NCC(=O)NC(C)C. The van der Waals surface area contributed by atoms with Crippen molar-refractivity contribution in [2.75, 3.05) is 31.7 Å². The molecule has 1 amide bonds. The molecule has 0 aliphatic carbocycles. The predicted octanol–water partition coefficient (Wildman–Crippen LogP) is 2.04. The number of carbonyl (C=O) groups is 1. The monoisotopic (exact) mass is 280 g/mol. The molecule has 0 fully saturated rings. The Morgan fingerprint density at radius 1 is 1.25 bits per heavy atom. The van der Waals surface area contributed by atoms with Crippen LogP contribution in [0.15, 0.2) is 24.3 Å². The van der Waals surface area contributed by atoms with E-state index in [1.165, 1.54) is 0 Å². The van der Waals surface area contributed by atoms with Gasteiger partial charge in [0.05, 0.1) is 18.8 Å². The maximum Gasteiger partial charge on any atom is 0.239 e. The smallest absolute Gasteiger partial charge is 0.239 e. The second-order valence-corrected chi connectivity index (χ2v) is 4.62. The number of anilines is 1. The Balaban J connectivity index is 2.46. The van der Waals surface area contributed by atoms with Crippen molar-refractivity contribution in [2.45, 2.75) is 26.8 Å². The first-order valence-corrected chi connectivity index (χ1v) is 6.96. The van der Waals surface area contributed by atoms with Gasteiger partial charge in [-0.15, -0.1) is 0 Å². The fourth-order valence-electron chi connectivity index (χ4n) is 1.64. The van der Waals surface area contributed by atoms with E-state index in [-0.39, 0.29) is 18.5 Å². The van der Waals surface area contributed by atoms with E-state index < -0.39 is 0 Å². The largest absolute Gasteiger partial charge is 0.489 e. The molecule has 5 heteroatoms. The van der Waals surface area contributed by atoms with Crippen LogP contribution in [0.1, 0.15) is 20.8 Å². The number of hydrogen-bond acceptors (Lipinski definition) is 4. The van der Waals surface area contributed by atoms with Gasteiger partial charge < -0.3 is 20.1 Å². The second kappa shape index (κ2) is 9.20. The van der Waals surface area contributed by atoms with Gasteiger partial charge in [0, 0.05) is 12.6 Å². The normalized spacial score (nSPS) is 10.4. The second-order valence-electron chi connectivity index (χ2n) is 4.62. The summed E-state index contributed by atoms with van der Waals surface area (Å²) in [4.78, 5) is 11.6. The first-order chi connectivity index (χ1) is 9.63. The van der Waals surface area contributed by atoms with Gasteiger partial charge >= 0.3 is 0 Å². The molecule has 0 saturated carbocycles. The van der Waals surface area contributed by atoms with E-state index in [4.69, 9.17) is 9.47 Å². The van der Waals surface area contributed by atoms with Crippen molar-refractivity contribution in [3.05, 3.63) is 24.3 Å². The van der Waals surface area contributed by atoms with Crippen molar-refractivity contribution in [1.82, 2.24) is 5.32 Å². The molecule has 1 aromatic carbocycles. The number of benzene rings is 1. The lowest BCUT2D eigenvalue weighted by molar-refractivity contribution is -0.119. The van der Waals surface area contributed by atoms with E-state index in [2.05, 4.69) is 10.6 Å². The highest BCUT2D eigenvalue weighted by Gasteiger charge is 2.06. The van der Waals surface area contributed by atoms with Crippen LogP contribution in [0.25, 0.3) is 0 Å². The molecule has 0 spiro atoms. The molecule has 0 bridgehead atoms. The molecule has 0 saturated heterocycles. The van der Waals surface area contributed by atoms with Gasteiger partial charge in [-0.1, -0.05) is 12.1 Å². The predicted molar refractivity (Wildman–Crippen MR) is 80.2 cm³/mol. The average molecular weight is 280 g/mol. The molecule has 0 aliphatic rings. The molecule has 5 nitrogen and oxygen atoms in total. The number of nitrogens with one attached hydrogen (secondary N) is 2. The Bertz CT molecular complexity index is 408. The highest BCUT2D eigenvalue weighted by molar-refractivity contribution is 5.81. The van der Waals surface area contributed by atoms with E-state index in [0.29, 0.717) is 19.8 Å². The summed E-state index contributed by atoms with van der Waals surface area (Å²) in [5.41, 5.74) is 0.808. The summed E-state index contributed by atoms with van der Waals surface area (Å²) in [6.45, 7) is 7.76. The van der Waals surface area contributed by atoms with Gasteiger partial charge in [-0.2, -0.15) is 0 Å². The van der Waals surface area contributed by atoms with Crippen LogP contribution in [0.4, 0.5) is 5.69 Å². The van der Waals surface area contributed by atoms with Gasteiger partial charge in [-0.3, -0.25) is 4.79 Å². The van der Waals surface area contributed by atoms with E-state index in [9.17, 15) is 4.79 Å². The van der Waals surface area contributed by atoms with Gasteiger partial charge in [0.15, 0.2) is 0 Å².